The molecule has 7 heteroatoms. The topological polar surface area (TPSA) is 99.1 Å². The second-order valence-corrected chi connectivity index (χ2v) is 6.44. The average Bonchev–Trinajstić information content (AvgIpc) is 2.84. The minimum atomic E-state index is -0.687. The van der Waals surface area contributed by atoms with Gasteiger partial charge in [0, 0.05) is 25.8 Å². The molecule has 0 spiro atoms. The Kier molecular flexibility index (Phi) is 6.74. The largest absolute Gasteiger partial charge is 0.461 e. The fourth-order valence-electron chi connectivity index (χ4n) is 3.20. The molecule has 1 saturated heterocycles. The van der Waals surface area contributed by atoms with Crippen molar-refractivity contribution in [3.05, 3.63) is 35.5 Å². The molecule has 0 unspecified atom stereocenters. The van der Waals surface area contributed by atoms with Crippen LogP contribution in [0.15, 0.2) is 35.5 Å². The van der Waals surface area contributed by atoms with Crippen molar-refractivity contribution in [1.82, 2.24) is 0 Å². The second-order valence-electron chi connectivity index (χ2n) is 6.44. The van der Waals surface area contributed by atoms with E-state index in [1.807, 2.05) is 6.08 Å². The first-order valence-electron chi connectivity index (χ1n) is 8.50. The normalized spacial score (nSPS) is 30.2. The molecule has 0 aromatic rings. The summed E-state index contributed by atoms with van der Waals surface area (Å²) >= 11 is 0. The fourth-order valence-corrected chi connectivity index (χ4v) is 3.20. The monoisotopic (exact) mass is 364 g/mol. The Balaban J connectivity index is 2.38. The molecule has 0 aromatic heterocycles. The van der Waals surface area contributed by atoms with Crippen LogP contribution in [-0.2, 0) is 28.6 Å². The van der Waals surface area contributed by atoms with Crippen LogP contribution >= 0.6 is 0 Å². The molecule has 3 atom stereocenters. The van der Waals surface area contributed by atoms with Crippen LogP contribution in [0.25, 0.3) is 0 Å². The lowest BCUT2D eigenvalue weighted by Gasteiger charge is -2.27. The summed E-state index contributed by atoms with van der Waals surface area (Å²) in [5.74, 6) is -2.01. The van der Waals surface area contributed by atoms with Crippen molar-refractivity contribution in [1.29, 1.82) is 0 Å². The molecule has 26 heavy (non-hydrogen) atoms. The number of ether oxygens (including phenoxy) is 3. The quantitative estimate of drug-likeness (QED) is 0.350. The highest BCUT2D eigenvalue weighted by Gasteiger charge is 2.44. The highest BCUT2D eigenvalue weighted by molar-refractivity contribution is 5.91. The van der Waals surface area contributed by atoms with Crippen molar-refractivity contribution >= 4 is 17.9 Å². The highest BCUT2D eigenvalue weighted by atomic mass is 16.6. The molecule has 142 valence electrons. The molecule has 2 rings (SSSR count). The third-order valence-electron chi connectivity index (χ3n) is 4.41. The zero-order chi connectivity index (χ0) is 19.3. The molecule has 0 radical (unpaired) electrons. The maximum Gasteiger partial charge on any atom is 0.334 e. The van der Waals surface area contributed by atoms with Crippen LogP contribution in [0.5, 0.6) is 0 Å². The number of esters is 3. The van der Waals surface area contributed by atoms with Crippen molar-refractivity contribution < 1.29 is 33.7 Å². The van der Waals surface area contributed by atoms with Gasteiger partial charge in [-0.1, -0.05) is 12.7 Å². The Morgan fingerprint density at radius 1 is 1.31 bits per heavy atom. The Morgan fingerprint density at radius 3 is 2.65 bits per heavy atom. The molecular weight excluding hydrogens is 340 g/mol. The summed E-state index contributed by atoms with van der Waals surface area (Å²) in [6.45, 7) is 6.30. The van der Waals surface area contributed by atoms with Crippen molar-refractivity contribution in [3.8, 4) is 0 Å². The first-order chi connectivity index (χ1) is 12.3. The lowest BCUT2D eigenvalue weighted by atomic mass is 9.85. The van der Waals surface area contributed by atoms with E-state index in [9.17, 15) is 19.5 Å². The Labute approximate surface area is 152 Å². The molecule has 2 aliphatic rings. The van der Waals surface area contributed by atoms with Crippen LogP contribution in [0.4, 0.5) is 0 Å². The summed E-state index contributed by atoms with van der Waals surface area (Å²) in [6, 6.07) is 0. The van der Waals surface area contributed by atoms with E-state index in [0.717, 1.165) is 5.57 Å². The van der Waals surface area contributed by atoms with Gasteiger partial charge in [0.1, 0.15) is 18.8 Å². The molecule has 0 bridgehead atoms. The number of carbonyl (C=O) groups excluding carboxylic acids is 3. The van der Waals surface area contributed by atoms with Gasteiger partial charge < -0.3 is 19.3 Å². The highest BCUT2D eigenvalue weighted by Crippen LogP contribution is 2.36. The number of hydrogen-bond donors (Lipinski definition) is 1. The second kappa shape index (κ2) is 8.80. The number of carbonyl (C=O) groups is 3. The zero-order valence-corrected chi connectivity index (χ0v) is 15.0. The molecule has 0 saturated carbocycles. The summed E-state index contributed by atoms with van der Waals surface area (Å²) in [5.41, 5.74) is 1.72. The summed E-state index contributed by atoms with van der Waals surface area (Å²) in [4.78, 5) is 34.8. The number of rotatable bonds is 4. The van der Waals surface area contributed by atoms with E-state index < -0.39 is 36.0 Å². The molecule has 1 aliphatic carbocycles. The molecule has 1 fully saturated rings. The van der Waals surface area contributed by atoms with Crippen molar-refractivity contribution in [2.24, 2.45) is 5.92 Å². The van der Waals surface area contributed by atoms with Gasteiger partial charge in [0.15, 0.2) is 0 Å². The first-order valence-corrected chi connectivity index (χ1v) is 8.50. The van der Waals surface area contributed by atoms with E-state index in [-0.39, 0.29) is 18.8 Å². The van der Waals surface area contributed by atoms with E-state index >= 15 is 0 Å². The summed E-state index contributed by atoms with van der Waals surface area (Å²) in [7, 11) is 0. The third-order valence-corrected chi connectivity index (χ3v) is 4.41. The van der Waals surface area contributed by atoms with E-state index in [0.29, 0.717) is 24.8 Å². The predicted molar refractivity (Wildman–Crippen MR) is 91.8 cm³/mol. The first kappa shape index (κ1) is 19.9. The average molecular weight is 364 g/mol. The molecular formula is C19H24O7. The molecule has 7 nitrogen and oxygen atoms in total. The molecule has 1 heterocycles. The minimum absolute atomic E-state index is 0.0734. The third kappa shape index (κ3) is 5.05. The maximum absolute atomic E-state index is 12.0. The van der Waals surface area contributed by atoms with Gasteiger partial charge in [-0.2, -0.15) is 0 Å². The lowest BCUT2D eigenvalue weighted by molar-refractivity contribution is -0.149. The van der Waals surface area contributed by atoms with Gasteiger partial charge in [-0.3, -0.25) is 9.59 Å². The van der Waals surface area contributed by atoms with Crippen LogP contribution in [0.1, 0.15) is 33.1 Å². The fraction of sp³-hybridized carbons (Fsp3) is 0.526. The van der Waals surface area contributed by atoms with E-state index in [1.165, 1.54) is 13.8 Å². The summed E-state index contributed by atoms with van der Waals surface area (Å²) in [6.07, 6.45) is 3.76. The van der Waals surface area contributed by atoms with Gasteiger partial charge in [-0.05, 0) is 30.1 Å². The van der Waals surface area contributed by atoms with Crippen LogP contribution in [0, 0.1) is 5.92 Å². The van der Waals surface area contributed by atoms with E-state index in [4.69, 9.17) is 14.2 Å². The van der Waals surface area contributed by atoms with E-state index in [2.05, 4.69) is 6.58 Å². The Morgan fingerprint density at radius 2 is 2.04 bits per heavy atom. The van der Waals surface area contributed by atoms with Gasteiger partial charge >= 0.3 is 17.9 Å². The lowest BCUT2D eigenvalue weighted by Crippen LogP contribution is -2.33. The molecule has 0 amide bonds. The zero-order valence-electron chi connectivity index (χ0n) is 15.0. The van der Waals surface area contributed by atoms with Crippen molar-refractivity contribution in [2.45, 2.75) is 45.3 Å². The number of allylic oxidation sites excluding steroid dienone is 1. The number of hydrogen-bond acceptors (Lipinski definition) is 7. The molecule has 1 N–H and O–H groups in total. The SMILES string of the molecule is C=C1C(=O)O[C@@H]2/C=C(/CO)CC/C=C(\COC(C)=O)C[C@H](OC(C)=O)[C@@H]12. The van der Waals surface area contributed by atoms with Gasteiger partial charge in [-0.15, -0.1) is 0 Å². The van der Waals surface area contributed by atoms with Crippen molar-refractivity contribution in [2.75, 3.05) is 13.2 Å². The molecule has 1 aliphatic heterocycles. The predicted octanol–water partition coefficient (Wildman–Crippen LogP) is 1.61. The summed E-state index contributed by atoms with van der Waals surface area (Å²) in [5, 5.41) is 9.57. The minimum Gasteiger partial charge on any atom is -0.461 e. The van der Waals surface area contributed by atoms with E-state index in [1.54, 1.807) is 6.08 Å². The van der Waals surface area contributed by atoms with Crippen LogP contribution in [0.2, 0.25) is 0 Å². The van der Waals surface area contributed by atoms with Crippen molar-refractivity contribution in [3.63, 3.8) is 0 Å². The maximum atomic E-state index is 12.0. The van der Waals surface area contributed by atoms with Crippen LogP contribution < -0.4 is 0 Å². The Hall–Kier alpha value is -2.41. The van der Waals surface area contributed by atoms with Crippen LogP contribution in [-0.4, -0.2) is 48.4 Å². The number of aliphatic hydroxyl groups is 1. The van der Waals surface area contributed by atoms with Crippen LogP contribution in [0.3, 0.4) is 0 Å². The van der Waals surface area contributed by atoms with Gasteiger partial charge in [0.25, 0.3) is 0 Å². The van der Waals surface area contributed by atoms with Gasteiger partial charge in [0.05, 0.1) is 12.5 Å². The Bertz CT molecular complexity index is 659. The number of fused-ring (bicyclic) bond motifs is 1. The van der Waals surface area contributed by atoms with Gasteiger partial charge in [0.2, 0.25) is 0 Å². The van der Waals surface area contributed by atoms with Gasteiger partial charge in [-0.25, -0.2) is 4.79 Å². The smallest absolute Gasteiger partial charge is 0.334 e. The summed E-state index contributed by atoms with van der Waals surface area (Å²) < 4.78 is 15.9. The standard InChI is InChI=1S/C19H24O7/c1-11-18-16(25-13(3)22)8-15(10-24-12(2)21)6-4-5-14(9-20)7-17(18)26-19(11)23/h6-7,16-18,20H,1,4-5,8-10H2,2-3H3/b14-7+,15-6-/t16-,17+,18+/m0/s1. The number of aliphatic hydroxyl groups excluding tert-OH is 1. The molecule has 0 aromatic carbocycles.